The molecule has 1 aromatic carbocycles. The van der Waals surface area contributed by atoms with Gasteiger partial charge in [-0.3, -0.25) is 4.79 Å². The molecule has 0 saturated heterocycles. The first kappa shape index (κ1) is 11.8. The second kappa shape index (κ2) is 6.38. The summed E-state index contributed by atoms with van der Waals surface area (Å²) in [6.07, 6.45) is 0. The summed E-state index contributed by atoms with van der Waals surface area (Å²) in [5.74, 6) is 0.0836. The fourth-order valence-electron chi connectivity index (χ4n) is 0.917. The largest absolute Gasteiger partial charge is 0.326 e. The molecule has 0 bridgehead atoms. The van der Waals surface area contributed by atoms with Crippen molar-refractivity contribution in [3.63, 3.8) is 0 Å². The van der Waals surface area contributed by atoms with E-state index in [9.17, 15) is 4.79 Å². The van der Waals surface area contributed by atoms with Gasteiger partial charge in [0.25, 0.3) is 0 Å². The van der Waals surface area contributed by atoms with Gasteiger partial charge >= 0.3 is 0 Å². The molecule has 2 N–H and O–H groups in total. The lowest BCUT2D eigenvalue weighted by atomic mass is 10.1. The first-order valence-corrected chi connectivity index (χ1v) is 4.54. The number of benzene rings is 1. The van der Waals surface area contributed by atoms with Gasteiger partial charge < -0.3 is 5.73 Å². The molecule has 0 aliphatic rings. The lowest BCUT2D eigenvalue weighted by molar-refractivity contribution is 0.101. The standard InChI is InChI=1S/C9H11NO.C2H6/c1-7(11)9-4-2-3-8(5-9)6-10;1-2/h2-5H,6,10H2,1H3;1-2H3. The van der Waals surface area contributed by atoms with Crippen LogP contribution in [-0.4, -0.2) is 5.78 Å². The predicted octanol–water partition coefficient (Wildman–Crippen LogP) is 2.37. The molecular formula is C11H17NO. The maximum Gasteiger partial charge on any atom is 0.159 e. The van der Waals surface area contributed by atoms with Gasteiger partial charge in [-0.05, 0) is 18.6 Å². The van der Waals surface area contributed by atoms with E-state index in [0.717, 1.165) is 11.1 Å². The van der Waals surface area contributed by atoms with Crippen molar-refractivity contribution in [2.24, 2.45) is 5.73 Å². The van der Waals surface area contributed by atoms with Gasteiger partial charge in [0.15, 0.2) is 5.78 Å². The Labute approximate surface area is 79.8 Å². The lowest BCUT2D eigenvalue weighted by Crippen LogP contribution is -1.98. The summed E-state index contributed by atoms with van der Waals surface area (Å²) in [6, 6.07) is 7.37. The molecule has 2 nitrogen and oxygen atoms in total. The highest BCUT2D eigenvalue weighted by Gasteiger charge is 1.97. The third-order valence-corrected chi connectivity index (χ3v) is 1.57. The summed E-state index contributed by atoms with van der Waals surface area (Å²) in [4.78, 5) is 10.9. The zero-order chi connectivity index (χ0) is 10.3. The minimum atomic E-state index is 0.0836. The van der Waals surface area contributed by atoms with E-state index < -0.39 is 0 Å². The van der Waals surface area contributed by atoms with Crippen molar-refractivity contribution >= 4 is 5.78 Å². The Morgan fingerprint density at radius 3 is 2.46 bits per heavy atom. The number of nitrogens with two attached hydrogens (primary N) is 1. The van der Waals surface area contributed by atoms with E-state index >= 15 is 0 Å². The van der Waals surface area contributed by atoms with Crippen LogP contribution in [0.15, 0.2) is 24.3 Å². The number of ketones is 1. The summed E-state index contributed by atoms with van der Waals surface area (Å²) < 4.78 is 0. The molecule has 0 aromatic heterocycles. The second-order valence-electron chi connectivity index (χ2n) is 2.46. The number of hydrogen-bond acceptors (Lipinski definition) is 2. The monoisotopic (exact) mass is 179 g/mol. The van der Waals surface area contributed by atoms with E-state index in [1.165, 1.54) is 0 Å². The Bertz CT molecular complexity index is 269. The molecule has 1 aromatic rings. The van der Waals surface area contributed by atoms with E-state index in [1.807, 2.05) is 32.0 Å². The van der Waals surface area contributed by atoms with E-state index in [-0.39, 0.29) is 5.78 Å². The summed E-state index contributed by atoms with van der Waals surface area (Å²) in [5.41, 5.74) is 7.14. The lowest BCUT2D eigenvalue weighted by Gasteiger charge is -1.98. The Balaban J connectivity index is 0.000000671. The van der Waals surface area contributed by atoms with Gasteiger partial charge in [-0.15, -0.1) is 0 Å². The molecule has 0 unspecified atom stereocenters. The van der Waals surface area contributed by atoms with Crippen LogP contribution in [0.5, 0.6) is 0 Å². The van der Waals surface area contributed by atoms with Crippen molar-refractivity contribution in [1.29, 1.82) is 0 Å². The topological polar surface area (TPSA) is 43.1 Å². The molecule has 13 heavy (non-hydrogen) atoms. The Morgan fingerprint density at radius 2 is 2.00 bits per heavy atom. The summed E-state index contributed by atoms with van der Waals surface area (Å²) in [6.45, 7) is 6.04. The average Bonchev–Trinajstić information content (AvgIpc) is 2.21. The van der Waals surface area contributed by atoms with Crippen LogP contribution in [0, 0.1) is 0 Å². The molecule has 0 saturated carbocycles. The van der Waals surface area contributed by atoms with Crippen LogP contribution in [-0.2, 0) is 6.54 Å². The van der Waals surface area contributed by atoms with Gasteiger partial charge in [0.2, 0.25) is 0 Å². The minimum absolute atomic E-state index is 0.0836. The fraction of sp³-hybridized carbons (Fsp3) is 0.364. The van der Waals surface area contributed by atoms with Crippen molar-refractivity contribution in [3.8, 4) is 0 Å². The van der Waals surface area contributed by atoms with Crippen LogP contribution < -0.4 is 5.73 Å². The molecule has 0 fully saturated rings. The number of carbonyl (C=O) groups is 1. The molecule has 0 aliphatic carbocycles. The highest BCUT2D eigenvalue weighted by molar-refractivity contribution is 5.94. The van der Waals surface area contributed by atoms with Crippen LogP contribution in [0.1, 0.15) is 36.7 Å². The highest BCUT2D eigenvalue weighted by atomic mass is 16.1. The molecule has 0 radical (unpaired) electrons. The molecule has 0 aliphatic heterocycles. The molecule has 0 amide bonds. The van der Waals surface area contributed by atoms with Crippen molar-refractivity contribution in [2.45, 2.75) is 27.3 Å². The fourth-order valence-corrected chi connectivity index (χ4v) is 0.917. The summed E-state index contributed by atoms with van der Waals surface area (Å²) in [7, 11) is 0. The molecule has 2 heteroatoms. The molecule has 0 atom stereocenters. The first-order chi connectivity index (χ1) is 6.24. The first-order valence-electron chi connectivity index (χ1n) is 4.54. The SMILES string of the molecule is CC.CC(=O)c1cccc(CN)c1. The summed E-state index contributed by atoms with van der Waals surface area (Å²) >= 11 is 0. The Morgan fingerprint density at radius 1 is 1.38 bits per heavy atom. The van der Waals surface area contributed by atoms with Crippen molar-refractivity contribution in [3.05, 3.63) is 35.4 Å². The number of Topliss-reactive ketones (excluding diaryl/α,β-unsaturated/α-hetero) is 1. The predicted molar refractivity (Wildman–Crippen MR) is 55.7 cm³/mol. The number of carbonyl (C=O) groups excluding carboxylic acids is 1. The Kier molecular flexibility index (Phi) is 5.81. The van der Waals surface area contributed by atoms with E-state index in [1.54, 1.807) is 13.0 Å². The maximum atomic E-state index is 10.9. The van der Waals surface area contributed by atoms with Crippen molar-refractivity contribution < 1.29 is 4.79 Å². The van der Waals surface area contributed by atoms with Crippen LogP contribution in [0.3, 0.4) is 0 Å². The zero-order valence-corrected chi connectivity index (χ0v) is 8.50. The third kappa shape index (κ3) is 3.85. The molecule has 0 heterocycles. The van der Waals surface area contributed by atoms with Gasteiger partial charge in [0.05, 0.1) is 0 Å². The van der Waals surface area contributed by atoms with Crippen LogP contribution in [0.2, 0.25) is 0 Å². The Hall–Kier alpha value is -1.15. The van der Waals surface area contributed by atoms with Crippen LogP contribution in [0.25, 0.3) is 0 Å². The maximum absolute atomic E-state index is 10.9. The van der Waals surface area contributed by atoms with E-state index in [4.69, 9.17) is 5.73 Å². The van der Waals surface area contributed by atoms with Gasteiger partial charge in [-0.1, -0.05) is 32.0 Å². The van der Waals surface area contributed by atoms with E-state index in [0.29, 0.717) is 6.54 Å². The van der Waals surface area contributed by atoms with Crippen molar-refractivity contribution in [2.75, 3.05) is 0 Å². The van der Waals surface area contributed by atoms with Crippen LogP contribution >= 0.6 is 0 Å². The number of rotatable bonds is 2. The molecule has 1 rings (SSSR count). The molecular weight excluding hydrogens is 162 g/mol. The van der Waals surface area contributed by atoms with E-state index in [2.05, 4.69) is 0 Å². The number of hydrogen-bond donors (Lipinski definition) is 1. The molecule has 72 valence electrons. The summed E-state index contributed by atoms with van der Waals surface area (Å²) in [5, 5.41) is 0. The smallest absolute Gasteiger partial charge is 0.159 e. The highest BCUT2D eigenvalue weighted by Crippen LogP contribution is 2.04. The quantitative estimate of drug-likeness (QED) is 0.708. The van der Waals surface area contributed by atoms with Gasteiger partial charge in [0.1, 0.15) is 0 Å². The molecule has 0 spiro atoms. The van der Waals surface area contributed by atoms with Gasteiger partial charge in [-0.2, -0.15) is 0 Å². The third-order valence-electron chi connectivity index (χ3n) is 1.57. The second-order valence-corrected chi connectivity index (χ2v) is 2.46. The van der Waals surface area contributed by atoms with Gasteiger partial charge in [0, 0.05) is 12.1 Å². The average molecular weight is 179 g/mol. The van der Waals surface area contributed by atoms with Gasteiger partial charge in [-0.25, -0.2) is 0 Å². The normalized spacial score (nSPS) is 8.62. The zero-order valence-electron chi connectivity index (χ0n) is 8.50. The minimum Gasteiger partial charge on any atom is -0.326 e. The van der Waals surface area contributed by atoms with Crippen LogP contribution in [0.4, 0.5) is 0 Å². The van der Waals surface area contributed by atoms with Crippen molar-refractivity contribution in [1.82, 2.24) is 0 Å².